The van der Waals surface area contributed by atoms with Crippen LogP contribution >= 0.6 is 11.6 Å². The van der Waals surface area contributed by atoms with Gasteiger partial charge in [-0.15, -0.1) is 0 Å². The number of anilines is 1. The summed E-state index contributed by atoms with van der Waals surface area (Å²) in [5, 5.41) is 0.251. The van der Waals surface area contributed by atoms with E-state index in [-0.39, 0.29) is 16.0 Å². The van der Waals surface area contributed by atoms with Crippen molar-refractivity contribution < 1.29 is 8.42 Å². The average Bonchev–Trinajstić information content (AvgIpc) is 2.33. The van der Waals surface area contributed by atoms with Crippen molar-refractivity contribution in [1.29, 1.82) is 0 Å². The van der Waals surface area contributed by atoms with Gasteiger partial charge in [0, 0.05) is 6.04 Å². The zero-order valence-corrected chi connectivity index (χ0v) is 11.3. The molecule has 0 amide bonds. The first-order valence-corrected chi connectivity index (χ1v) is 7.57. The van der Waals surface area contributed by atoms with Crippen LogP contribution in [0.2, 0.25) is 5.02 Å². The van der Waals surface area contributed by atoms with Gasteiger partial charge in [0.15, 0.2) is 0 Å². The number of benzene rings is 1. The molecule has 18 heavy (non-hydrogen) atoms. The Morgan fingerprint density at radius 3 is 2.72 bits per heavy atom. The van der Waals surface area contributed by atoms with Crippen LogP contribution in [0.25, 0.3) is 0 Å². The van der Waals surface area contributed by atoms with E-state index < -0.39 is 10.0 Å². The van der Waals surface area contributed by atoms with Crippen LogP contribution in [-0.2, 0) is 10.0 Å². The zero-order chi connectivity index (χ0) is 13.2. The van der Waals surface area contributed by atoms with Crippen molar-refractivity contribution in [3.63, 3.8) is 0 Å². The van der Waals surface area contributed by atoms with Crippen molar-refractivity contribution in [3.05, 3.63) is 35.4 Å². The number of rotatable bonds is 3. The Morgan fingerprint density at radius 1 is 1.33 bits per heavy atom. The molecule has 1 unspecified atom stereocenters. The van der Waals surface area contributed by atoms with Crippen LogP contribution in [0.5, 0.6) is 0 Å². The number of hydrogen-bond acceptors (Lipinski definition) is 3. The molecule has 0 saturated carbocycles. The Bertz CT molecular complexity index is 569. The van der Waals surface area contributed by atoms with Gasteiger partial charge in [0.25, 0.3) is 0 Å². The summed E-state index contributed by atoms with van der Waals surface area (Å²) in [6.07, 6.45) is 6.49. The van der Waals surface area contributed by atoms with Crippen LogP contribution < -0.4 is 10.5 Å². The van der Waals surface area contributed by atoms with Crippen LogP contribution in [0.1, 0.15) is 19.3 Å². The monoisotopic (exact) mass is 286 g/mol. The van der Waals surface area contributed by atoms with Gasteiger partial charge in [0.2, 0.25) is 10.0 Å². The molecule has 0 aliphatic heterocycles. The lowest BCUT2D eigenvalue weighted by Gasteiger charge is -2.19. The predicted octanol–water partition coefficient (Wildman–Crippen LogP) is 2.31. The summed E-state index contributed by atoms with van der Waals surface area (Å²) in [5.41, 5.74) is 5.93. The standard InChI is InChI=1S/C12H15ClN2O2S/c13-11-8-10(6-7-12(11)14)18(16,17)15-9-4-2-1-3-5-9/h1-2,6-9,15H,3-5,14H2. The molecule has 0 heterocycles. The Morgan fingerprint density at radius 2 is 2.11 bits per heavy atom. The average molecular weight is 287 g/mol. The minimum absolute atomic E-state index is 0.0451. The van der Waals surface area contributed by atoms with Gasteiger partial charge in [-0.2, -0.15) is 0 Å². The molecule has 2 rings (SSSR count). The molecule has 1 aliphatic rings. The van der Waals surface area contributed by atoms with Gasteiger partial charge in [-0.1, -0.05) is 23.8 Å². The van der Waals surface area contributed by atoms with Crippen molar-refractivity contribution in [2.45, 2.75) is 30.2 Å². The van der Waals surface area contributed by atoms with E-state index in [0.717, 1.165) is 19.3 Å². The molecule has 4 nitrogen and oxygen atoms in total. The van der Waals surface area contributed by atoms with E-state index in [2.05, 4.69) is 10.8 Å². The molecule has 0 fully saturated rings. The quantitative estimate of drug-likeness (QED) is 0.661. The van der Waals surface area contributed by atoms with E-state index in [1.807, 2.05) is 6.08 Å². The summed E-state index contributed by atoms with van der Waals surface area (Å²) in [4.78, 5) is 0.149. The summed E-state index contributed by atoms with van der Waals surface area (Å²) in [6.45, 7) is 0. The third-order valence-corrected chi connectivity index (χ3v) is 4.72. The lowest BCUT2D eigenvalue weighted by Crippen LogP contribution is -2.35. The summed E-state index contributed by atoms with van der Waals surface area (Å²) >= 11 is 5.83. The van der Waals surface area contributed by atoms with Gasteiger partial charge >= 0.3 is 0 Å². The smallest absolute Gasteiger partial charge is 0.240 e. The molecule has 0 spiro atoms. The molecule has 1 atom stereocenters. The molecule has 1 aromatic rings. The summed E-state index contributed by atoms with van der Waals surface area (Å²) in [6, 6.07) is 4.29. The Kier molecular flexibility index (Phi) is 3.94. The molecule has 0 bridgehead atoms. The van der Waals surface area contributed by atoms with Gasteiger partial charge in [-0.3, -0.25) is 0 Å². The second-order valence-corrected chi connectivity index (χ2v) is 6.41. The molecule has 1 aliphatic carbocycles. The minimum Gasteiger partial charge on any atom is -0.398 e. The predicted molar refractivity (Wildman–Crippen MR) is 73.0 cm³/mol. The lowest BCUT2D eigenvalue weighted by atomic mass is 10.0. The van der Waals surface area contributed by atoms with E-state index in [4.69, 9.17) is 17.3 Å². The van der Waals surface area contributed by atoms with Crippen molar-refractivity contribution in [3.8, 4) is 0 Å². The van der Waals surface area contributed by atoms with Crippen molar-refractivity contribution in [2.75, 3.05) is 5.73 Å². The first-order chi connectivity index (χ1) is 8.49. The van der Waals surface area contributed by atoms with E-state index in [9.17, 15) is 8.42 Å². The van der Waals surface area contributed by atoms with E-state index in [0.29, 0.717) is 5.69 Å². The largest absolute Gasteiger partial charge is 0.398 e. The molecular formula is C12H15ClN2O2S. The van der Waals surface area contributed by atoms with Crippen molar-refractivity contribution in [1.82, 2.24) is 4.72 Å². The third-order valence-electron chi connectivity index (χ3n) is 2.87. The number of nitrogens with two attached hydrogens (primary N) is 1. The second-order valence-electron chi connectivity index (χ2n) is 4.29. The van der Waals surface area contributed by atoms with Crippen molar-refractivity contribution >= 4 is 27.3 Å². The van der Waals surface area contributed by atoms with Crippen LogP contribution in [0.3, 0.4) is 0 Å². The number of allylic oxidation sites excluding steroid dienone is 1. The third kappa shape index (κ3) is 3.04. The highest BCUT2D eigenvalue weighted by atomic mass is 35.5. The SMILES string of the molecule is Nc1ccc(S(=O)(=O)NC2CC=CCC2)cc1Cl. The molecule has 1 aromatic carbocycles. The maximum atomic E-state index is 12.1. The first kappa shape index (κ1) is 13.4. The normalized spacial score (nSPS) is 19.9. The fraction of sp³-hybridized carbons (Fsp3) is 0.333. The summed E-state index contributed by atoms with van der Waals surface area (Å²) in [7, 11) is -3.52. The fourth-order valence-electron chi connectivity index (χ4n) is 1.86. The van der Waals surface area contributed by atoms with Crippen LogP contribution in [0.15, 0.2) is 35.2 Å². The van der Waals surface area contributed by atoms with E-state index in [1.54, 1.807) is 0 Å². The number of nitrogens with one attached hydrogen (secondary N) is 1. The van der Waals surface area contributed by atoms with Gasteiger partial charge in [-0.25, -0.2) is 13.1 Å². The number of sulfonamides is 1. The molecule has 98 valence electrons. The summed E-state index contributed by atoms with van der Waals surface area (Å²) < 4.78 is 26.9. The fourth-order valence-corrected chi connectivity index (χ4v) is 3.42. The Hall–Kier alpha value is -1.04. The van der Waals surface area contributed by atoms with Gasteiger partial charge in [-0.05, 0) is 37.5 Å². The zero-order valence-electron chi connectivity index (χ0n) is 9.77. The Balaban J connectivity index is 2.19. The van der Waals surface area contributed by atoms with Crippen LogP contribution in [0.4, 0.5) is 5.69 Å². The second kappa shape index (κ2) is 5.30. The number of halogens is 1. The van der Waals surface area contributed by atoms with Crippen LogP contribution in [-0.4, -0.2) is 14.5 Å². The van der Waals surface area contributed by atoms with Crippen molar-refractivity contribution in [2.24, 2.45) is 0 Å². The first-order valence-electron chi connectivity index (χ1n) is 5.71. The van der Waals surface area contributed by atoms with E-state index >= 15 is 0 Å². The van der Waals surface area contributed by atoms with Crippen LogP contribution in [0, 0.1) is 0 Å². The maximum Gasteiger partial charge on any atom is 0.240 e. The minimum atomic E-state index is -3.52. The highest BCUT2D eigenvalue weighted by molar-refractivity contribution is 7.89. The summed E-state index contributed by atoms with van der Waals surface area (Å²) in [5.74, 6) is 0. The highest BCUT2D eigenvalue weighted by Gasteiger charge is 2.20. The van der Waals surface area contributed by atoms with Gasteiger partial charge < -0.3 is 5.73 Å². The van der Waals surface area contributed by atoms with E-state index in [1.165, 1.54) is 18.2 Å². The number of nitrogen functional groups attached to an aromatic ring is 1. The Labute approximate surface area is 112 Å². The topological polar surface area (TPSA) is 72.2 Å². The molecule has 0 radical (unpaired) electrons. The molecule has 0 saturated heterocycles. The lowest BCUT2D eigenvalue weighted by molar-refractivity contribution is 0.522. The maximum absolute atomic E-state index is 12.1. The highest BCUT2D eigenvalue weighted by Crippen LogP contribution is 2.23. The van der Waals surface area contributed by atoms with Gasteiger partial charge in [0.1, 0.15) is 0 Å². The molecule has 6 heteroatoms. The van der Waals surface area contributed by atoms with Gasteiger partial charge in [0.05, 0.1) is 15.6 Å². The molecule has 3 N–H and O–H groups in total. The number of hydrogen-bond donors (Lipinski definition) is 2. The molecular weight excluding hydrogens is 272 g/mol. The molecule has 0 aromatic heterocycles.